The molecular formula is C22H28ClFN2. The van der Waals surface area contributed by atoms with E-state index < -0.39 is 0 Å². The molecule has 3 heterocycles. The van der Waals surface area contributed by atoms with Crippen molar-refractivity contribution < 1.29 is 4.39 Å². The lowest BCUT2D eigenvalue weighted by molar-refractivity contribution is -0.00264. The largest absolute Gasteiger partial charge is 0.299 e. The van der Waals surface area contributed by atoms with E-state index in [-0.39, 0.29) is 5.82 Å². The summed E-state index contributed by atoms with van der Waals surface area (Å²) < 4.78 is 13.4. The maximum Gasteiger partial charge on any atom is 0.124 e. The van der Waals surface area contributed by atoms with Gasteiger partial charge in [0.15, 0.2) is 0 Å². The Bertz CT molecular complexity index is 718. The predicted octanol–water partition coefficient (Wildman–Crippen LogP) is 4.87. The molecule has 2 bridgehead atoms. The zero-order valence-corrected chi connectivity index (χ0v) is 16.1. The number of halogens is 2. The molecule has 26 heavy (non-hydrogen) atoms. The highest BCUT2D eigenvalue weighted by molar-refractivity contribution is 6.31. The minimum absolute atomic E-state index is 0.248. The fraction of sp³-hybridized carbons (Fsp3) is 0.636. The molecule has 0 spiro atoms. The Balaban J connectivity index is 1.42. The molecular weight excluding hydrogens is 347 g/mol. The van der Waals surface area contributed by atoms with Crippen LogP contribution in [0.5, 0.6) is 0 Å². The van der Waals surface area contributed by atoms with Crippen molar-refractivity contribution in [3.63, 3.8) is 0 Å². The summed E-state index contributed by atoms with van der Waals surface area (Å²) >= 11 is 6.33. The summed E-state index contributed by atoms with van der Waals surface area (Å²) in [6.45, 7) is 4.51. The number of piperidine rings is 3. The van der Waals surface area contributed by atoms with Gasteiger partial charge in [-0.25, -0.2) is 4.39 Å². The maximum atomic E-state index is 13.4. The van der Waals surface area contributed by atoms with Crippen molar-refractivity contribution in [2.24, 2.45) is 11.8 Å². The van der Waals surface area contributed by atoms with Crippen molar-refractivity contribution in [2.45, 2.75) is 57.2 Å². The van der Waals surface area contributed by atoms with Gasteiger partial charge in [-0.2, -0.15) is 0 Å². The second-order valence-corrected chi connectivity index (χ2v) is 9.12. The van der Waals surface area contributed by atoms with Gasteiger partial charge in [0.2, 0.25) is 0 Å². The number of rotatable bonds is 2. The summed E-state index contributed by atoms with van der Waals surface area (Å²) in [6.07, 6.45) is 10.7. The van der Waals surface area contributed by atoms with Crippen LogP contribution in [0.3, 0.4) is 0 Å². The number of benzene rings is 1. The van der Waals surface area contributed by atoms with E-state index >= 15 is 0 Å². The van der Waals surface area contributed by atoms with Crippen LogP contribution in [-0.4, -0.2) is 41.5 Å². The SMILES string of the molecule is Fc1ccc(CN2CCCC3=C[C@H]4C[C@@H](CN5CCCC[C@H]45)[C@@H]32)c(Cl)c1. The molecule has 1 aromatic carbocycles. The highest BCUT2D eigenvalue weighted by Gasteiger charge is 2.45. The molecule has 4 aliphatic rings. The molecule has 5 rings (SSSR count). The molecule has 0 aromatic heterocycles. The summed E-state index contributed by atoms with van der Waals surface area (Å²) in [7, 11) is 0. The summed E-state index contributed by atoms with van der Waals surface area (Å²) in [4.78, 5) is 5.41. The highest BCUT2D eigenvalue weighted by atomic mass is 35.5. The van der Waals surface area contributed by atoms with E-state index in [2.05, 4.69) is 15.9 Å². The Morgan fingerprint density at radius 3 is 2.96 bits per heavy atom. The van der Waals surface area contributed by atoms with E-state index in [0.29, 0.717) is 11.1 Å². The summed E-state index contributed by atoms with van der Waals surface area (Å²) in [5.74, 6) is 1.27. The van der Waals surface area contributed by atoms with Crippen LogP contribution < -0.4 is 0 Å². The second-order valence-electron chi connectivity index (χ2n) is 8.71. The molecule has 0 unspecified atom stereocenters. The molecule has 3 fully saturated rings. The van der Waals surface area contributed by atoms with Gasteiger partial charge in [0.25, 0.3) is 0 Å². The average molecular weight is 375 g/mol. The predicted molar refractivity (Wildman–Crippen MR) is 104 cm³/mol. The van der Waals surface area contributed by atoms with Gasteiger partial charge in [0.05, 0.1) is 0 Å². The Hall–Kier alpha value is -0.900. The van der Waals surface area contributed by atoms with Crippen LogP contribution in [-0.2, 0) is 6.54 Å². The van der Waals surface area contributed by atoms with Crippen LogP contribution in [0.25, 0.3) is 0 Å². The average Bonchev–Trinajstić information content (AvgIpc) is 2.64. The monoisotopic (exact) mass is 374 g/mol. The quantitative estimate of drug-likeness (QED) is 0.681. The number of likely N-dealkylation sites (tertiary alicyclic amines) is 1. The zero-order chi connectivity index (χ0) is 17.7. The molecule has 1 aromatic rings. The molecule has 0 radical (unpaired) electrons. The summed E-state index contributed by atoms with van der Waals surface area (Å²) in [5.41, 5.74) is 2.74. The van der Waals surface area contributed by atoms with Gasteiger partial charge in [-0.1, -0.05) is 35.7 Å². The van der Waals surface area contributed by atoms with Crippen LogP contribution >= 0.6 is 11.6 Å². The second kappa shape index (κ2) is 6.92. The van der Waals surface area contributed by atoms with E-state index in [1.807, 2.05) is 6.07 Å². The van der Waals surface area contributed by atoms with Crippen LogP contribution in [0.2, 0.25) is 5.02 Å². The van der Waals surface area contributed by atoms with Gasteiger partial charge in [0.1, 0.15) is 5.82 Å². The number of hydrogen-bond donors (Lipinski definition) is 0. The van der Waals surface area contributed by atoms with Crippen molar-refractivity contribution in [2.75, 3.05) is 19.6 Å². The molecule has 4 atom stereocenters. The van der Waals surface area contributed by atoms with Crippen molar-refractivity contribution >= 4 is 11.6 Å². The van der Waals surface area contributed by atoms with Gasteiger partial charge in [-0.15, -0.1) is 0 Å². The minimum Gasteiger partial charge on any atom is -0.299 e. The Morgan fingerprint density at radius 2 is 2.08 bits per heavy atom. The van der Waals surface area contributed by atoms with Crippen molar-refractivity contribution in [3.05, 3.63) is 46.3 Å². The molecule has 3 aliphatic heterocycles. The normalized spacial score (nSPS) is 34.8. The lowest BCUT2D eigenvalue weighted by Crippen LogP contribution is -2.59. The maximum absolute atomic E-state index is 13.4. The first-order chi connectivity index (χ1) is 12.7. The third-order valence-corrected chi connectivity index (χ3v) is 7.50. The number of nitrogens with zero attached hydrogens (tertiary/aromatic N) is 2. The first-order valence-corrected chi connectivity index (χ1v) is 10.7. The molecule has 0 saturated carbocycles. The number of hydrogen-bond acceptors (Lipinski definition) is 2. The van der Waals surface area contributed by atoms with Crippen LogP contribution in [0.4, 0.5) is 4.39 Å². The smallest absolute Gasteiger partial charge is 0.124 e. The molecule has 4 heteroatoms. The summed E-state index contributed by atoms with van der Waals surface area (Å²) in [6, 6.07) is 6.22. The van der Waals surface area contributed by atoms with E-state index in [0.717, 1.165) is 36.5 Å². The Labute approximate surface area is 161 Å². The molecule has 2 nitrogen and oxygen atoms in total. The standard InChI is InChI=1S/C22H28ClFN2/c23-20-12-19(24)7-6-16(20)13-26-9-3-4-15-10-17-11-18(22(15)26)14-25-8-2-1-5-21(17)25/h6-7,10,12,17-18,21-22H,1-5,8-9,11,13-14H2/t17-,18-,21+,22+/m0/s1. The third-order valence-electron chi connectivity index (χ3n) is 7.15. The van der Waals surface area contributed by atoms with Gasteiger partial charge < -0.3 is 0 Å². The minimum atomic E-state index is -0.248. The molecule has 0 amide bonds. The Kier molecular flexibility index (Phi) is 4.58. The van der Waals surface area contributed by atoms with Gasteiger partial charge >= 0.3 is 0 Å². The van der Waals surface area contributed by atoms with E-state index in [1.54, 1.807) is 5.57 Å². The zero-order valence-electron chi connectivity index (χ0n) is 15.3. The first kappa shape index (κ1) is 17.2. The van der Waals surface area contributed by atoms with Crippen LogP contribution in [0, 0.1) is 17.7 Å². The first-order valence-electron chi connectivity index (χ1n) is 10.3. The van der Waals surface area contributed by atoms with Gasteiger partial charge in [0, 0.05) is 30.2 Å². The van der Waals surface area contributed by atoms with Crippen molar-refractivity contribution in [3.8, 4) is 0 Å². The molecule has 140 valence electrons. The van der Waals surface area contributed by atoms with Crippen molar-refractivity contribution in [1.82, 2.24) is 9.80 Å². The van der Waals surface area contributed by atoms with E-state index in [9.17, 15) is 4.39 Å². The Morgan fingerprint density at radius 1 is 1.15 bits per heavy atom. The molecule has 0 N–H and O–H groups in total. The topological polar surface area (TPSA) is 6.48 Å². The summed E-state index contributed by atoms with van der Waals surface area (Å²) in [5, 5.41) is 0.564. The highest BCUT2D eigenvalue weighted by Crippen LogP contribution is 2.45. The van der Waals surface area contributed by atoms with Crippen LogP contribution in [0.15, 0.2) is 29.8 Å². The lowest BCUT2D eigenvalue weighted by atomic mass is 9.68. The van der Waals surface area contributed by atoms with Gasteiger partial charge in [-0.3, -0.25) is 9.80 Å². The fourth-order valence-corrected chi connectivity index (χ4v) is 6.36. The van der Waals surface area contributed by atoms with Gasteiger partial charge in [-0.05, 0) is 74.7 Å². The van der Waals surface area contributed by atoms with E-state index in [1.165, 1.54) is 63.7 Å². The molecule has 1 aliphatic carbocycles. The number of fused-ring (bicyclic) bond motifs is 6. The molecule has 3 saturated heterocycles. The third kappa shape index (κ3) is 3.02. The lowest BCUT2D eigenvalue weighted by Gasteiger charge is -2.54. The van der Waals surface area contributed by atoms with Crippen molar-refractivity contribution in [1.29, 1.82) is 0 Å². The van der Waals surface area contributed by atoms with E-state index in [4.69, 9.17) is 11.6 Å². The fourth-order valence-electron chi connectivity index (χ4n) is 6.13. The van der Waals surface area contributed by atoms with Crippen LogP contribution in [0.1, 0.15) is 44.1 Å².